The zero-order valence-electron chi connectivity index (χ0n) is 14.5. The first kappa shape index (κ1) is 18.6. The van der Waals surface area contributed by atoms with Crippen molar-refractivity contribution in [3.63, 3.8) is 0 Å². The topological polar surface area (TPSA) is 46.5 Å². The number of hydrogen-bond donors (Lipinski definition) is 1. The van der Waals surface area contributed by atoms with Gasteiger partial charge >= 0.3 is 0 Å². The number of hydrogen-bond acceptors (Lipinski definition) is 5. The molecule has 0 saturated carbocycles. The van der Waals surface area contributed by atoms with Crippen LogP contribution in [0.25, 0.3) is 11.3 Å². The minimum Gasteiger partial charge on any atom is -0.494 e. The Labute approximate surface area is 166 Å². The van der Waals surface area contributed by atoms with E-state index in [1.165, 1.54) is 11.3 Å². The first-order valence-corrected chi connectivity index (χ1v) is 10.2. The molecule has 0 radical (unpaired) electrons. The van der Waals surface area contributed by atoms with Crippen LogP contribution < -0.4 is 10.2 Å². The summed E-state index contributed by atoms with van der Waals surface area (Å²) in [6.07, 6.45) is 3.98. The van der Waals surface area contributed by atoms with Crippen molar-refractivity contribution < 1.29 is 4.74 Å². The molecule has 0 spiro atoms. The highest BCUT2D eigenvalue weighted by Gasteiger charge is 2.03. The monoisotopic (exact) mass is 429 g/mol. The number of benzene rings is 2. The minimum absolute atomic E-state index is 0.760. The van der Waals surface area contributed by atoms with Crippen LogP contribution in [0.3, 0.4) is 0 Å². The number of nitrogens with one attached hydrogen (secondary N) is 1. The third-order valence-electron chi connectivity index (χ3n) is 3.66. The molecule has 4 nitrogen and oxygen atoms in total. The van der Waals surface area contributed by atoms with Gasteiger partial charge in [-0.1, -0.05) is 41.4 Å². The summed E-state index contributed by atoms with van der Waals surface area (Å²) in [4.78, 5) is 4.56. The van der Waals surface area contributed by atoms with Gasteiger partial charge < -0.3 is 4.74 Å². The molecule has 3 rings (SSSR count). The number of ether oxygens (including phenoxy) is 1. The van der Waals surface area contributed by atoms with Gasteiger partial charge in [0.25, 0.3) is 0 Å². The maximum Gasteiger partial charge on any atom is 0.203 e. The first-order valence-electron chi connectivity index (χ1n) is 8.48. The van der Waals surface area contributed by atoms with Crippen LogP contribution in [0.4, 0.5) is 5.13 Å². The van der Waals surface area contributed by atoms with Crippen molar-refractivity contribution in [1.82, 2.24) is 4.98 Å². The van der Waals surface area contributed by atoms with Gasteiger partial charge in [-0.15, -0.1) is 11.3 Å². The van der Waals surface area contributed by atoms with Crippen LogP contribution in [0.15, 0.2) is 63.5 Å². The molecule has 3 aromatic rings. The maximum absolute atomic E-state index is 5.66. The smallest absolute Gasteiger partial charge is 0.203 e. The van der Waals surface area contributed by atoms with Gasteiger partial charge in [-0.25, -0.2) is 4.98 Å². The van der Waals surface area contributed by atoms with Crippen molar-refractivity contribution in [3.8, 4) is 17.0 Å². The zero-order chi connectivity index (χ0) is 18.2. The molecule has 6 heteroatoms. The Morgan fingerprint density at radius 3 is 2.65 bits per heavy atom. The average Bonchev–Trinajstić information content (AvgIpc) is 3.13. The molecule has 0 atom stereocenters. The highest BCUT2D eigenvalue weighted by Crippen LogP contribution is 2.26. The zero-order valence-corrected chi connectivity index (χ0v) is 16.9. The molecule has 1 heterocycles. The molecule has 0 fully saturated rings. The Morgan fingerprint density at radius 1 is 1.15 bits per heavy atom. The summed E-state index contributed by atoms with van der Waals surface area (Å²) in [6, 6.07) is 16.0. The van der Waals surface area contributed by atoms with E-state index >= 15 is 0 Å². The lowest BCUT2D eigenvalue weighted by Crippen LogP contribution is -1.96. The summed E-state index contributed by atoms with van der Waals surface area (Å²) in [7, 11) is 0. The number of anilines is 1. The van der Waals surface area contributed by atoms with Crippen LogP contribution in [0, 0.1) is 0 Å². The van der Waals surface area contributed by atoms with E-state index in [1.807, 2.05) is 53.9 Å². The Bertz CT molecular complexity index is 844. The molecular formula is C20H20BrN3OS. The predicted molar refractivity (Wildman–Crippen MR) is 113 cm³/mol. The Morgan fingerprint density at radius 2 is 1.92 bits per heavy atom. The van der Waals surface area contributed by atoms with E-state index in [2.05, 4.69) is 38.4 Å². The number of rotatable bonds is 8. The van der Waals surface area contributed by atoms with Gasteiger partial charge in [0.05, 0.1) is 18.5 Å². The highest BCUT2D eigenvalue weighted by molar-refractivity contribution is 9.10. The van der Waals surface area contributed by atoms with Crippen molar-refractivity contribution in [2.24, 2.45) is 5.10 Å². The molecule has 0 bridgehead atoms. The van der Waals surface area contributed by atoms with Crippen LogP contribution in [0.5, 0.6) is 5.75 Å². The molecule has 26 heavy (non-hydrogen) atoms. The molecule has 0 aliphatic carbocycles. The molecule has 1 aromatic heterocycles. The number of hydrazone groups is 1. The molecule has 0 unspecified atom stereocenters. The lowest BCUT2D eigenvalue weighted by atomic mass is 10.2. The normalized spacial score (nSPS) is 11.0. The number of halogens is 1. The first-order chi connectivity index (χ1) is 12.7. The Balaban J connectivity index is 1.54. The fourth-order valence-corrected chi connectivity index (χ4v) is 3.16. The second-order valence-corrected chi connectivity index (χ2v) is 7.46. The third-order valence-corrected chi connectivity index (χ3v) is 4.94. The van der Waals surface area contributed by atoms with Crippen LogP contribution in [-0.4, -0.2) is 17.8 Å². The number of aromatic nitrogens is 1. The summed E-state index contributed by atoms with van der Waals surface area (Å²) >= 11 is 4.97. The van der Waals surface area contributed by atoms with E-state index in [1.54, 1.807) is 6.21 Å². The Hall–Kier alpha value is -2.18. The molecule has 0 aliphatic heterocycles. The van der Waals surface area contributed by atoms with Crippen LogP contribution >= 0.6 is 27.3 Å². The van der Waals surface area contributed by atoms with Gasteiger partial charge in [0.2, 0.25) is 5.13 Å². The summed E-state index contributed by atoms with van der Waals surface area (Å²) in [6.45, 7) is 2.91. The molecule has 0 saturated heterocycles. The van der Waals surface area contributed by atoms with E-state index in [4.69, 9.17) is 4.74 Å². The van der Waals surface area contributed by atoms with Gasteiger partial charge in [0.15, 0.2) is 0 Å². The fraction of sp³-hybridized carbons (Fsp3) is 0.200. The van der Waals surface area contributed by atoms with Crippen molar-refractivity contribution in [1.29, 1.82) is 0 Å². The van der Waals surface area contributed by atoms with Gasteiger partial charge in [-0.3, -0.25) is 5.43 Å². The SMILES string of the molecule is CCCCOc1ccc(/C=N\Nc2nc(-c3ccc(Br)cc3)cs2)cc1. The Kier molecular flexibility index (Phi) is 6.80. The predicted octanol–water partition coefficient (Wildman–Crippen LogP) is 6.20. The molecule has 134 valence electrons. The second-order valence-electron chi connectivity index (χ2n) is 5.69. The van der Waals surface area contributed by atoms with E-state index in [-0.39, 0.29) is 0 Å². The summed E-state index contributed by atoms with van der Waals surface area (Å²) in [5.74, 6) is 0.891. The van der Waals surface area contributed by atoms with E-state index in [9.17, 15) is 0 Å². The molecular weight excluding hydrogens is 410 g/mol. The van der Waals surface area contributed by atoms with Crippen molar-refractivity contribution in [2.45, 2.75) is 19.8 Å². The van der Waals surface area contributed by atoms with E-state index < -0.39 is 0 Å². The summed E-state index contributed by atoms with van der Waals surface area (Å²) in [5.41, 5.74) is 6.01. The van der Waals surface area contributed by atoms with Crippen LogP contribution in [0.2, 0.25) is 0 Å². The quantitative estimate of drug-likeness (QED) is 0.263. The van der Waals surface area contributed by atoms with E-state index in [0.717, 1.165) is 51.6 Å². The largest absolute Gasteiger partial charge is 0.494 e. The molecule has 0 amide bonds. The van der Waals surface area contributed by atoms with Gasteiger partial charge in [0.1, 0.15) is 5.75 Å². The highest BCUT2D eigenvalue weighted by atomic mass is 79.9. The maximum atomic E-state index is 5.66. The number of nitrogens with zero attached hydrogens (tertiary/aromatic N) is 2. The molecule has 0 aliphatic rings. The average molecular weight is 430 g/mol. The van der Waals surface area contributed by atoms with Gasteiger partial charge in [-0.05, 0) is 48.4 Å². The van der Waals surface area contributed by atoms with Crippen molar-refractivity contribution in [2.75, 3.05) is 12.0 Å². The number of thiazole rings is 1. The lowest BCUT2D eigenvalue weighted by molar-refractivity contribution is 0.309. The summed E-state index contributed by atoms with van der Waals surface area (Å²) in [5, 5.41) is 7.04. The minimum atomic E-state index is 0.760. The summed E-state index contributed by atoms with van der Waals surface area (Å²) < 4.78 is 6.71. The van der Waals surface area contributed by atoms with Crippen molar-refractivity contribution >= 4 is 38.6 Å². The molecule has 1 N–H and O–H groups in total. The van der Waals surface area contributed by atoms with Crippen LogP contribution in [0.1, 0.15) is 25.3 Å². The van der Waals surface area contributed by atoms with Crippen LogP contribution in [-0.2, 0) is 0 Å². The fourth-order valence-electron chi connectivity index (χ4n) is 2.22. The molecule has 2 aromatic carbocycles. The number of unbranched alkanes of at least 4 members (excludes halogenated alkanes) is 1. The van der Waals surface area contributed by atoms with Gasteiger partial charge in [-0.2, -0.15) is 5.10 Å². The lowest BCUT2D eigenvalue weighted by Gasteiger charge is -2.04. The third kappa shape index (κ3) is 5.41. The second kappa shape index (κ2) is 9.50. The van der Waals surface area contributed by atoms with Crippen molar-refractivity contribution in [3.05, 3.63) is 63.9 Å². The standard InChI is InChI=1S/C20H20BrN3OS/c1-2-3-12-25-18-10-4-15(5-11-18)13-22-24-20-23-19(14-26-20)16-6-8-17(21)9-7-16/h4-11,13-14H,2-3,12H2,1H3,(H,23,24)/b22-13-. The van der Waals surface area contributed by atoms with Gasteiger partial charge in [0, 0.05) is 15.4 Å². The van der Waals surface area contributed by atoms with E-state index in [0.29, 0.717) is 0 Å².